The van der Waals surface area contributed by atoms with Crippen LogP contribution in [0.3, 0.4) is 0 Å². The van der Waals surface area contributed by atoms with Gasteiger partial charge in [0.25, 0.3) is 0 Å². The van der Waals surface area contributed by atoms with E-state index in [2.05, 4.69) is 5.32 Å². The van der Waals surface area contributed by atoms with E-state index in [-0.39, 0.29) is 11.9 Å². The highest BCUT2D eigenvalue weighted by Gasteiger charge is 2.18. The number of morpholine rings is 1. The molecule has 1 saturated heterocycles. The van der Waals surface area contributed by atoms with Crippen molar-refractivity contribution >= 4 is 5.69 Å². The molecule has 0 radical (unpaired) electrons. The SMILES string of the molecule is Nc1ccc(C2COCCN2)c(F)c1. The molecule has 1 aliphatic rings. The second-order valence-corrected chi connectivity index (χ2v) is 3.36. The molecule has 1 aromatic rings. The molecule has 0 aromatic heterocycles. The maximum absolute atomic E-state index is 13.5. The number of hydrogen-bond acceptors (Lipinski definition) is 3. The van der Waals surface area contributed by atoms with E-state index in [0.29, 0.717) is 24.5 Å². The first-order valence-electron chi connectivity index (χ1n) is 4.63. The molecule has 0 bridgehead atoms. The molecule has 0 amide bonds. The van der Waals surface area contributed by atoms with Gasteiger partial charge in [-0.1, -0.05) is 6.07 Å². The van der Waals surface area contributed by atoms with Crippen molar-refractivity contribution < 1.29 is 9.13 Å². The van der Waals surface area contributed by atoms with Gasteiger partial charge in [0, 0.05) is 17.8 Å². The number of anilines is 1. The molecule has 0 aliphatic carbocycles. The number of ether oxygens (including phenoxy) is 1. The molecule has 0 saturated carbocycles. The minimum Gasteiger partial charge on any atom is -0.399 e. The van der Waals surface area contributed by atoms with E-state index < -0.39 is 0 Å². The second kappa shape index (κ2) is 3.94. The summed E-state index contributed by atoms with van der Waals surface area (Å²) >= 11 is 0. The van der Waals surface area contributed by atoms with Crippen LogP contribution in [0.2, 0.25) is 0 Å². The van der Waals surface area contributed by atoms with Crippen LogP contribution in [0.5, 0.6) is 0 Å². The largest absolute Gasteiger partial charge is 0.399 e. The molecule has 1 aliphatic heterocycles. The molecule has 1 heterocycles. The third kappa shape index (κ3) is 1.86. The summed E-state index contributed by atoms with van der Waals surface area (Å²) in [5.41, 5.74) is 6.54. The highest BCUT2D eigenvalue weighted by atomic mass is 19.1. The Morgan fingerprint density at radius 1 is 1.50 bits per heavy atom. The second-order valence-electron chi connectivity index (χ2n) is 3.36. The Morgan fingerprint density at radius 2 is 2.36 bits per heavy atom. The first kappa shape index (κ1) is 9.43. The average Bonchev–Trinajstić information content (AvgIpc) is 2.19. The number of hydrogen-bond donors (Lipinski definition) is 2. The zero-order valence-electron chi connectivity index (χ0n) is 7.79. The number of benzene rings is 1. The molecule has 3 N–H and O–H groups in total. The van der Waals surface area contributed by atoms with Crippen molar-refractivity contribution in [1.82, 2.24) is 5.32 Å². The maximum Gasteiger partial charge on any atom is 0.130 e. The summed E-state index contributed by atoms with van der Waals surface area (Å²) in [6.45, 7) is 1.96. The maximum atomic E-state index is 13.5. The molecule has 2 rings (SSSR count). The van der Waals surface area contributed by atoms with E-state index in [1.54, 1.807) is 12.1 Å². The van der Waals surface area contributed by atoms with Gasteiger partial charge in [-0.15, -0.1) is 0 Å². The van der Waals surface area contributed by atoms with E-state index in [1.807, 2.05) is 0 Å². The zero-order chi connectivity index (χ0) is 9.97. The van der Waals surface area contributed by atoms with Crippen molar-refractivity contribution in [2.75, 3.05) is 25.5 Å². The fraction of sp³-hybridized carbons (Fsp3) is 0.400. The van der Waals surface area contributed by atoms with Crippen molar-refractivity contribution in [3.8, 4) is 0 Å². The highest BCUT2D eigenvalue weighted by Crippen LogP contribution is 2.20. The first-order valence-corrected chi connectivity index (χ1v) is 4.63. The fourth-order valence-corrected chi connectivity index (χ4v) is 1.59. The minimum atomic E-state index is -0.270. The molecule has 1 unspecified atom stereocenters. The van der Waals surface area contributed by atoms with E-state index in [4.69, 9.17) is 10.5 Å². The van der Waals surface area contributed by atoms with Gasteiger partial charge < -0.3 is 15.8 Å². The standard InChI is InChI=1S/C10H13FN2O/c11-9-5-7(12)1-2-8(9)10-6-14-4-3-13-10/h1-2,5,10,13H,3-4,6,12H2. The Balaban J connectivity index is 2.22. The summed E-state index contributed by atoms with van der Waals surface area (Å²) in [4.78, 5) is 0. The van der Waals surface area contributed by atoms with Crippen LogP contribution in [0.25, 0.3) is 0 Å². The van der Waals surface area contributed by atoms with Gasteiger partial charge in [-0.3, -0.25) is 0 Å². The van der Waals surface area contributed by atoms with E-state index in [0.717, 1.165) is 6.54 Å². The minimum absolute atomic E-state index is 0.0515. The number of nitrogens with two attached hydrogens (primary N) is 1. The number of nitrogens with one attached hydrogen (secondary N) is 1. The lowest BCUT2D eigenvalue weighted by molar-refractivity contribution is 0.0757. The number of nitrogen functional groups attached to an aromatic ring is 1. The Bertz CT molecular complexity index is 324. The number of rotatable bonds is 1. The zero-order valence-corrected chi connectivity index (χ0v) is 7.79. The molecule has 14 heavy (non-hydrogen) atoms. The predicted octanol–water partition coefficient (Wildman–Crippen LogP) is 1.07. The lowest BCUT2D eigenvalue weighted by Crippen LogP contribution is -2.35. The van der Waals surface area contributed by atoms with Crippen LogP contribution in [0.15, 0.2) is 18.2 Å². The van der Waals surface area contributed by atoms with Crippen LogP contribution in [-0.2, 0) is 4.74 Å². The highest BCUT2D eigenvalue weighted by molar-refractivity contribution is 5.41. The van der Waals surface area contributed by atoms with Crippen LogP contribution in [0.1, 0.15) is 11.6 Å². The third-order valence-corrected chi connectivity index (χ3v) is 2.32. The predicted molar refractivity (Wildman–Crippen MR) is 52.4 cm³/mol. The normalized spacial score (nSPS) is 22.2. The van der Waals surface area contributed by atoms with Crippen LogP contribution in [0, 0.1) is 5.82 Å². The van der Waals surface area contributed by atoms with Gasteiger partial charge in [0.05, 0.1) is 19.3 Å². The van der Waals surface area contributed by atoms with Gasteiger partial charge in [0.2, 0.25) is 0 Å². The first-order chi connectivity index (χ1) is 6.77. The van der Waals surface area contributed by atoms with Crippen LogP contribution in [0.4, 0.5) is 10.1 Å². The van der Waals surface area contributed by atoms with Crippen molar-refractivity contribution in [3.63, 3.8) is 0 Å². The summed E-state index contributed by atoms with van der Waals surface area (Å²) in [5.74, 6) is -0.270. The monoisotopic (exact) mass is 196 g/mol. The van der Waals surface area contributed by atoms with Crippen molar-refractivity contribution in [2.24, 2.45) is 0 Å². The van der Waals surface area contributed by atoms with Gasteiger partial charge in [0.1, 0.15) is 5.82 Å². The van der Waals surface area contributed by atoms with Crippen LogP contribution >= 0.6 is 0 Å². The lowest BCUT2D eigenvalue weighted by atomic mass is 10.1. The van der Waals surface area contributed by atoms with E-state index >= 15 is 0 Å². The topological polar surface area (TPSA) is 47.3 Å². The molecule has 76 valence electrons. The molecule has 3 nitrogen and oxygen atoms in total. The Kier molecular flexibility index (Phi) is 2.65. The number of halogens is 1. The van der Waals surface area contributed by atoms with Gasteiger partial charge >= 0.3 is 0 Å². The molecule has 1 atom stereocenters. The summed E-state index contributed by atoms with van der Waals surface area (Å²) < 4.78 is 18.7. The quantitative estimate of drug-likeness (QED) is 0.660. The lowest BCUT2D eigenvalue weighted by Gasteiger charge is -2.24. The summed E-state index contributed by atoms with van der Waals surface area (Å²) in [7, 11) is 0. The molecular weight excluding hydrogens is 183 g/mol. The van der Waals surface area contributed by atoms with Gasteiger partial charge in [-0.25, -0.2) is 4.39 Å². The van der Waals surface area contributed by atoms with Crippen molar-refractivity contribution in [2.45, 2.75) is 6.04 Å². The Hall–Kier alpha value is -1.13. The fourth-order valence-electron chi connectivity index (χ4n) is 1.59. The molecular formula is C10H13FN2O. The van der Waals surface area contributed by atoms with Crippen LogP contribution < -0.4 is 11.1 Å². The summed E-state index contributed by atoms with van der Waals surface area (Å²) in [6, 6.07) is 4.70. The molecule has 1 fully saturated rings. The summed E-state index contributed by atoms with van der Waals surface area (Å²) in [6.07, 6.45) is 0. The van der Waals surface area contributed by atoms with Crippen LogP contribution in [-0.4, -0.2) is 19.8 Å². The molecule has 4 heteroatoms. The molecule has 1 aromatic carbocycles. The summed E-state index contributed by atoms with van der Waals surface area (Å²) in [5, 5.41) is 3.19. The smallest absolute Gasteiger partial charge is 0.130 e. The third-order valence-electron chi connectivity index (χ3n) is 2.32. The van der Waals surface area contributed by atoms with Gasteiger partial charge in [-0.2, -0.15) is 0 Å². The van der Waals surface area contributed by atoms with Gasteiger partial charge in [0.15, 0.2) is 0 Å². The van der Waals surface area contributed by atoms with E-state index in [9.17, 15) is 4.39 Å². The van der Waals surface area contributed by atoms with Gasteiger partial charge in [-0.05, 0) is 12.1 Å². The van der Waals surface area contributed by atoms with Crippen molar-refractivity contribution in [1.29, 1.82) is 0 Å². The van der Waals surface area contributed by atoms with Crippen molar-refractivity contribution in [3.05, 3.63) is 29.6 Å². The average molecular weight is 196 g/mol. The Labute approximate surface area is 82.1 Å². The molecule has 0 spiro atoms. The van der Waals surface area contributed by atoms with E-state index in [1.165, 1.54) is 6.07 Å². The Morgan fingerprint density at radius 3 is 3.00 bits per heavy atom.